The maximum absolute atomic E-state index is 10.1. The van der Waals surface area contributed by atoms with Gasteiger partial charge in [-0.2, -0.15) is 0 Å². The van der Waals surface area contributed by atoms with Crippen molar-refractivity contribution in [3.8, 4) is 0 Å². The zero-order valence-electron chi connectivity index (χ0n) is 5.83. The lowest BCUT2D eigenvalue weighted by Crippen LogP contribution is -2.17. The van der Waals surface area contributed by atoms with E-state index in [1.165, 1.54) is 14.2 Å². The van der Waals surface area contributed by atoms with Crippen LogP contribution in [0.15, 0.2) is 5.57 Å². The summed E-state index contributed by atoms with van der Waals surface area (Å²) in [7, 11) is 2.71. The summed E-state index contributed by atoms with van der Waals surface area (Å²) in [4.78, 5) is 10.1. The Kier molecular flexibility index (Phi) is 4.41. The van der Waals surface area contributed by atoms with E-state index in [1.807, 2.05) is 0 Å². The molecular formula is C6H8NO3. The van der Waals surface area contributed by atoms with Crippen LogP contribution in [0.1, 0.15) is 0 Å². The van der Waals surface area contributed by atoms with Gasteiger partial charge in [0.05, 0.1) is 0 Å². The molecule has 0 saturated carbocycles. The molecule has 0 bridgehead atoms. The minimum absolute atomic E-state index is 0.0648. The average Bonchev–Trinajstić information content (AvgIpc) is 2.00. The Bertz CT molecular complexity index is 156. The molecule has 0 aromatic carbocycles. The van der Waals surface area contributed by atoms with Crippen molar-refractivity contribution < 1.29 is 14.3 Å². The minimum Gasteiger partial charge on any atom is -0.351 e. The van der Waals surface area contributed by atoms with Crippen LogP contribution in [0.5, 0.6) is 0 Å². The molecule has 0 aliphatic rings. The normalized spacial score (nSPS) is 9.10. The molecule has 4 heteroatoms. The molecule has 0 heterocycles. The fourth-order valence-corrected chi connectivity index (χ4v) is 0.485. The molecule has 55 valence electrons. The Labute approximate surface area is 58.9 Å². The summed E-state index contributed by atoms with van der Waals surface area (Å²) in [6.07, 6.45) is -0.417. The minimum atomic E-state index is -0.831. The number of nitrogens with zero attached hydrogens (tertiary/aromatic N) is 1. The van der Waals surface area contributed by atoms with Gasteiger partial charge in [0.25, 0.3) is 0 Å². The second-order valence-corrected chi connectivity index (χ2v) is 1.49. The summed E-state index contributed by atoms with van der Waals surface area (Å²) in [5.74, 6) is 1.65. The maximum Gasteiger partial charge on any atom is 0.195 e. The van der Waals surface area contributed by atoms with Crippen LogP contribution in [0.25, 0.3) is 0 Å². The SMILES string of the molecule is COC(OC)C(=C=[N])C=O. The number of ether oxygens (including phenoxy) is 2. The van der Waals surface area contributed by atoms with Gasteiger partial charge in [0.2, 0.25) is 0 Å². The van der Waals surface area contributed by atoms with Crippen molar-refractivity contribution in [2.75, 3.05) is 14.2 Å². The van der Waals surface area contributed by atoms with E-state index >= 15 is 0 Å². The number of rotatable bonds is 4. The number of carbonyl (C=O) groups is 1. The van der Waals surface area contributed by atoms with Gasteiger partial charge in [0, 0.05) is 20.1 Å². The van der Waals surface area contributed by atoms with Crippen LogP contribution in [-0.4, -0.2) is 32.7 Å². The van der Waals surface area contributed by atoms with E-state index in [-0.39, 0.29) is 5.57 Å². The highest BCUT2D eigenvalue weighted by molar-refractivity contribution is 5.87. The largest absolute Gasteiger partial charge is 0.351 e. The number of carbonyl (C=O) groups excluding carboxylic acids is 1. The lowest BCUT2D eigenvalue weighted by atomic mass is 10.3. The molecule has 0 N–H and O–H groups in total. The number of hydrogen-bond donors (Lipinski definition) is 0. The van der Waals surface area contributed by atoms with Crippen molar-refractivity contribution in [1.29, 1.82) is 0 Å². The summed E-state index contributed by atoms with van der Waals surface area (Å²) < 4.78 is 9.26. The highest BCUT2D eigenvalue weighted by atomic mass is 16.7. The molecule has 0 saturated heterocycles. The molecule has 0 atom stereocenters. The van der Waals surface area contributed by atoms with Crippen LogP contribution in [0.4, 0.5) is 0 Å². The van der Waals surface area contributed by atoms with Crippen LogP contribution in [0, 0.1) is 0 Å². The van der Waals surface area contributed by atoms with Crippen LogP contribution in [0.3, 0.4) is 0 Å². The molecule has 0 aromatic heterocycles. The zero-order valence-corrected chi connectivity index (χ0v) is 5.83. The van der Waals surface area contributed by atoms with Gasteiger partial charge in [-0.1, -0.05) is 5.41 Å². The van der Waals surface area contributed by atoms with Crippen LogP contribution >= 0.6 is 0 Å². The molecule has 0 aliphatic heterocycles. The highest BCUT2D eigenvalue weighted by Crippen LogP contribution is 1.98. The van der Waals surface area contributed by atoms with Gasteiger partial charge in [-0.3, -0.25) is 4.79 Å². The first-order valence-corrected chi connectivity index (χ1v) is 2.57. The summed E-state index contributed by atoms with van der Waals surface area (Å²) in [5, 5.41) is 8.28. The van der Waals surface area contributed by atoms with Crippen molar-refractivity contribution in [3.63, 3.8) is 0 Å². The molecule has 0 aliphatic carbocycles. The number of aldehydes is 1. The van der Waals surface area contributed by atoms with E-state index in [1.54, 1.807) is 5.87 Å². The van der Waals surface area contributed by atoms with Gasteiger partial charge in [0.1, 0.15) is 5.57 Å². The molecule has 0 aromatic rings. The van der Waals surface area contributed by atoms with Gasteiger partial charge in [-0.25, -0.2) is 0 Å². The topological polar surface area (TPSA) is 57.8 Å². The van der Waals surface area contributed by atoms with Gasteiger partial charge >= 0.3 is 0 Å². The van der Waals surface area contributed by atoms with Crippen LogP contribution in [0.2, 0.25) is 0 Å². The van der Waals surface area contributed by atoms with Crippen molar-refractivity contribution in [1.82, 2.24) is 5.41 Å². The average molecular weight is 142 g/mol. The van der Waals surface area contributed by atoms with Crippen molar-refractivity contribution in [2.45, 2.75) is 6.29 Å². The third kappa shape index (κ3) is 2.11. The fourth-order valence-electron chi connectivity index (χ4n) is 0.485. The van der Waals surface area contributed by atoms with Crippen molar-refractivity contribution >= 4 is 12.2 Å². The Hall–Kier alpha value is -0.960. The summed E-state index contributed by atoms with van der Waals surface area (Å²) >= 11 is 0. The van der Waals surface area contributed by atoms with Crippen molar-refractivity contribution in [3.05, 3.63) is 5.57 Å². The monoisotopic (exact) mass is 142 g/mol. The van der Waals surface area contributed by atoms with Gasteiger partial charge in [0.15, 0.2) is 12.6 Å². The number of methoxy groups -OCH3 is 2. The second kappa shape index (κ2) is 4.88. The molecule has 1 radical (unpaired) electrons. The van der Waals surface area contributed by atoms with Gasteiger partial charge in [-0.15, -0.1) is 0 Å². The first kappa shape index (κ1) is 9.04. The van der Waals surface area contributed by atoms with Gasteiger partial charge < -0.3 is 9.47 Å². The van der Waals surface area contributed by atoms with Gasteiger partial charge in [-0.05, 0) is 0 Å². The lowest BCUT2D eigenvalue weighted by molar-refractivity contribution is -0.112. The van der Waals surface area contributed by atoms with E-state index in [9.17, 15) is 4.79 Å². The van der Waals surface area contributed by atoms with Crippen LogP contribution in [-0.2, 0) is 14.3 Å². The molecule has 0 spiro atoms. The molecular weight excluding hydrogens is 134 g/mol. The third-order valence-corrected chi connectivity index (χ3v) is 0.938. The highest BCUT2D eigenvalue weighted by Gasteiger charge is 2.10. The van der Waals surface area contributed by atoms with E-state index in [4.69, 9.17) is 5.41 Å². The Morgan fingerprint density at radius 2 is 2.10 bits per heavy atom. The second-order valence-electron chi connectivity index (χ2n) is 1.49. The Morgan fingerprint density at radius 3 is 2.20 bits per heavy atom. The maximum atomic E-state index is 10.1. The first-order valence-electron chi connectivity index (χ1n) is 2.57. The molecule has 0 unspecified atom stereocenters. The van der Waals surface area contributed by atoms with E-state index < -0.39 is 6.29 Å². The molecule has 0 rings (SSSR count). The quantitative estimate of drug-likeness (QED) is 0.223. The Balaban J connectivity index is 4.24. The summed E-state index contributed by atoms with van der Waals surface area (Å²) in [6, 6.07) is 0. The Morgan fingerprint density at radius 1 is 1.60 bits per heavy atom. The van der Waals surface area contributed by atoms with E-state index in [0.717, 1.165) is 0 Å². The fraction of sp³-hybridized carbons (Fsp3) is 0.500. The van der Waals surface area contributed by atoms with Crippen molar-refractivity contribution in [2.24, 2.45) is 0 Å². The summed E-state index contributed by atoms with van der Waals surface area (Å²) in [6.45, 7) is 0. The molecule has 0 amide bonds. The molecule has 0 fully saturated rings. The first-order chi connectivity index (χ1) is 4.79. The van der Waals surface area contributed by atoms with E-state index in [0.29, 0.717) is 6.29 Å². The zero-order chi connectivity index (χ0) is 7.98. The van der Waals surface area contributed by atoms with Crippen LogP contribution < -0.4 is 5.41 Å². The standard InChI is InChI=1S/C6H8NO3/c1-9-6(10-2)5(3-7)4-8/h4,6H,1-2H3. The smallest absolute Gasteiger partial charge is 0.195 e. The van der Waals surface area contributed by atoms with E-state index in [2.05, 4.69) is 9.47 Å². The summed E-state index contributed by atoms with van der Waals surface area (Å²) in [5.41, 5.74) is -0.0648. The lowest BCUT2D eigenvalue weighted by Gasteiger charge is -2.09. The molecule has 10 heavy (non-hydrogen) atoms. The predicted molar refractivity (Wildman–Crippen MR) is 34.5 cm³/mol. The molecule has 4 nitrogen and oxygen atoms in total. The predicted octanol–water partition coefficient (Wildman–Crippen LogP) is -0.800. The third-order valence-electron chi connectivity index (χ3n) is 0.938. The number of hydrogen-bond acceptors (Lipinski definition) is 3.